The Kier molecular flexibility index (Phi) is 5.76. The van der Waals surface area contributed by atoms with Gasteiger partial charge in [-0.15, -0.1) is 0 Å². The average Bonchev–Trinajstić information content (AvgIpc) is 2.87. The van der Waals surface area contributed by atoms with Crippen LogP contribution in [0.25, 0.3) is 0 Å². The third-order valence-corrected chi connectivity index (χ3v) is 4.24. The Hall–Kier alpha value is -1.39. The summed E-state index contributed by atoms with van der Waals surface area (Å²) in [6, 6.07) is 0. The average molecular weight is 293 g/mol. The van der Waals surface area contributed by atoms with Crippen LogP contribution in [0.5, 0.6) is 0 Å². The van der Waals surface area contributed by atoms with E-state index in [4.69, 9.17) is 9.72 Å². The quantitative estimate of drug-likeness (QED) is 0.755. The molecule has 2 rings (SSSR count). The first-order valence-electron chi connectivity index (χ1n) is 8.24. The second kappa shape index (κ2) is 7.57. The van der Waals surface area contributed by atoms with Crippen LogP contribution in [0.2, 0.25) is 0 Å². The number of nitrogens with zero attached hydrogens (tertiary/aromatic N) is 3. The molecule has 1 aliphatic carbocycles. The van der Waals surface area contributed by atoms with Crippen molar-refractivity contribution in [2.24, 2.45) is 7.05 Å². The zero-order valence-corrected chi connectivity index (χ0v) is 13.5. The summed E-state index contributed by atoms with van der Waals surface area (Å²) in [6.07, 6.45) is 7.85. The fraction of sp³-hybridized carbons (Fsp3) is 0.812. The van der Waals surface area contributed by atoms with Gasteiger partial charge in [0.2, 0.25) is 0 Å². The van der Waals surface area contributed by atoms with Crippen molar-refractivity contribution in [3.63, 3.8) is 0 Å². The molecule has 0 bridgehead atoms. The van der Waals surface area contributed by atoms with Crippen LogP contribution < -0.4 is 0 Å². The fourth-order valence-corrected chi connectivity index (χ4v) is 3.14. The first-order valence-corrected chi connectivity index (χ1v) is 8.24. The lowest BCUT2D eigenvalue weighted by molar-refractivity contribution is -0.145. The Morgan fingerprint density at radius 1 is 1.33 bits per heavy atom. The SMILES string of the molecule is CCCC(C(=O)OCC)c1nc(C2CCCCC2)nn1C. The van der Waals surface area contributed by atoms with Gasteiger partial charge in [-0.3, -0.25) is 9.48 Å². The lowest BCUT2D eigenvalue weighted by Gasteiger charge is -2.18. The van der Waals surface area contributed by atoms with Crippen LogP contribution in [0.1, 0.15) is 82.3 Å². The minimum absolute atomic E-state index is 0.176. The second-order valence-electron chi connectivity index (χ2n) is 5.88. The summed E-state index contributed by atoms with van der Waals surface area (Å²) in [5, 5.41) is 4.58. The predicted octanol–water partition coefficient (Wildman–Crippen LogP) is 3.31. The van der Waals surface area contributed by atoms with Gasteiger partial charge in [0.05, 0.1) is 6.61 Å². The zero-order chi connectivity index (χ0) is 15.2. The number of ether oxygens (including phenoxy) is 1. The molecule has 0 aliphatic heterocycles. The zero-order valence-electron chi connectivity index (χ0n) is 13.5. The smallest absolute Gasteiger partial charge is 0.316 e. The molecule has 1 aromatic rings. The molecule has 5 heteroatoms. The molecule has 5 nitrogen and oxygen atoms in total. The van der Waals surface area contributed by atoms with Crippen molar-refractivity contribution in [1.29, 1.82) is 0 Å². The van der Waals surface area contributed by atoms with Crippen LogP contribution in [0.3, 0.4) is 0 Å². The molecule has 1 atom stereocenters. The first kappa shape index (κ1) is 16.0. The molecular formula is C16H27N3O2. The number of carbonyl (C=O) groups is 1. The third-order valence-electron chi connectivity index (χ3n) is 4.24. The van der Waals surface area contributed by atoms with Crippen molar-refractivity contribution < 1.29 is 9.53 Å². The maximum Gasteiger partial charge on any atom is 0.316 e. The van der Waals surface area contributed by atoms with Gasteiger partial charge in [-0.25, -0.2) is 4.98 Å². The minimum atomic E-state index is -0.287. The van der Waals surface area contributed by atoms with Crippen molar-refractivity contribution in [3.05, 3.63) is 11.6 Å². The van der Waals surface area contributed by atoms with Gasteiger partial charge in [0.25, 0.3) is 0 Å². The van der Waals surface area contributed by atoms with Crippen LogP contribution in [-0.2, 0) is 16.6 Å². The lowest BCUT2D eigenvalue weighted by Crippen LogP contribution is -2.19. The normalized spacial score (nSPS) is 17.7. The van der Waals surface area contributed by atoms with Crippen LogP contribution in [0.15, 0.2) is 0 Å². The molecule has 1 heterocycles. The van der Waals surface area contributed by atoms with E-state index in [1.165, 1.54) is 32.1 Å². The highest BCUT2D eigenvalue weighted by Gasteiger charge is 2.28. The van der Waals surface area contributed by atoms with Gasteiger partial charge in [-0.1, -0.05) is 32.6 Å². The molecule has 0 spiro atoms. The number of aryl methyl sites for hydroxylation is 1. The van der Waals surface area contributed by atoms with E-state index >= 15 is 0 Å². The summed E-state index contributed by atoms with van der Waals surface area (Å²) in [7, 11) is 1.89. The van der Waals surface area contributed by atoms with Gasteiger partial charge in [0.15, 0.2) is 5.82 Å². The molecule has 1 aromatic heterocycles. The molecule has 0 aromatic carbocycles. The molecule has 118 valence electrons. The molecule has 0 saturated heterocycles. The van der Waals surface area contributed by atoms with Crippen molar-refractivity contribution in [1.82, 2.24) is 14.8 Å². The molecule has 0 radical (unpaired) electrons. The predicted molar refractivity (Wildman–Crippen MR) is 81.1 cm³/mol. The van der Waals surface area contributed by atoms with Gasteiger partial charge in [0, 0.05) is 13.0 Å². The number of aromatic nitrogens is 3. The van der Waals surface area contributed by atoms with Crippen molar-refractivity contribution in [3.8, 4) is 0 Å². The van der Waals surface area contributed by atoms with Gasteiger partial charge in [-0.05, 0) is 26.2 Å². The van der Waals surface area contributed by atoms with Crippen LogP contribution >= 0.6 is 0 Å². The number of hydrogen-bond donors (Lipinski definition) is 0. The van der Waals surface area contributed by atoms with Gasteiger partial charge in [-0.2, -0.15) is 5.10 Å². The second-order valence-corrected chi connectivity index (χ2v) is 5.88. The van der Waals surface area contributed by atoms with E-state index in [0.29, 0.717) is 12.5 Å². The lowest BCUT2D eigenvalue weighted by atomic mass is 9.89. The van der Waals surface area contributed by atoms with Crippen molar-refractivity contribution in [2.75, 3.05) is 6.61 Å². The highest BCUT2D eigenvalue weighted by Crippen LogP contribution is 2.32. The topological polar surface area (TPSA) is 57.0 Å². The molecule has 0 N–H and O–H groups in total. The van der Waals surface area contributed by atoms with E-state index in [-0.39, 0.29) is 11.9 Å². The molecular weight excluding hydrogens is 266 g/mol. The van der Waals surface area contributed by atoms with Crippen molar-refractivity contribution in [2.45, 2.75) is 70.6 Å². The Labute approximate surface area is 127 Å². The van der Waals surface area contributed by atoms with Crippen LogP contribution in [0.4, 0.5) is 0 Å². The highest BCUT2D eigenvalue weighted by molar-refractivity contribution is 5.77. The Balaban J connectivity index is 2.20. The number of rotatable bonds is 6. The molecule has 1 unspecified atom stereocenters. The monoisotopic (exact) mass is 293 g/mol. The van der Waals surface area contributed by atoms with E-state index in [2.05, 4.69) is 12.0 Å². The molecule has 1 aliphatic rings. The van der Waals surface area contributed by atoms with E-state index < -0.39 is 0 Å². The number of carbonyl (C=O) groups excluding carboxylic acids is 1. The number of esters is 1. The van der Waals surface area contributed by atoms with Crippen molar-refractivity contribution >= 4 is 5.97 Å². The third kappa shape index (κ3) is 3.83. The van der Waals surface area contributed by atoms with Crippen LogP contribution in [0, 0.1) is 0 Å². The Morgan fingerprint density at radius 3 is 2.67 bits per heavy atom. The van der Waals surface area contributed by atoms with E-state index in [1.54, 1.807) is 4.68 Å². The number of hydrogen-bond acceptors (Lipinski definition) is 4. The largest absolute Gasteiger partial charge is 0.465 e. The van der Waals surface area contributed by atoms with E-state index in [1.807, 2.05) is 14.0 Å². The van der Waals surface area contributed by atoms with E-state index in [9.17, 15) is 4.79 Å². The standard InChI is InChI=1S/C16H27N3O2/c1-4-9-13(16(20)21-5-2)15-17-14(18-19(15)3)12-10-7-6-8-11-12/h12-13H,4-11H2,1-3H3. The summed E-state index contributed by atoms with van der Waals surface area (Å²) in [4.78, 5) is 16.9. The maximum absolute atomic E-state index is 12.2. The maximum atomic E-state index is 12.2. The van der Waals surface area contributed by atoms with Gasteiger partial charge >= 0.3 is 5.97 Å². The fourth-order valence-electron chi connectivity index (χ4n) is 3.14. The molecule has 1 fully saturated rings. The highest BCUT2D eigenvalue weighted by atomic mass is 16.5. The Bertz CT molecular complexity index is 464. The minimum Gasteiger partial charge on any atom is -0.465 e. The van der Waals surface area contributed by atoms with Gasteiger partial charge in [0.1, 0.15) is 11.7 Å². The molecule has 0 amide bonds. The van der Waals surface area contributed by atoms with E-state index in [0.717, 1.165) is 24.5 Å². The summed E-state index contributed by atoms with van der Waals surface area (Å²) < 4.78 is 6.98. The first-order chi connectivity index (χ1) is 10.2. The Morgan fingerprint density at radius 2 is 2.05 bits per heavy atom. The molecule has 21 heavy (non-hydrogen) atoms. The van der Waals surface area contributed by atoms with Crippen LogP contribution in [-0.4, -0.2) is 27.3 Å². The summed E-state index contributed by atoms with van der Waals surface area (Å²) in [6.45, 7) is 4.32. The molecule has 1 saturated carbocycles. The van der Waals surface area contributed by atoms with Gasteiger partial charge < -0.3 is 4.74 Å². The summed E-state index contributed by atoms with van der Waals surface area (Å²) in [5.41, 5.74) is 0. The summed E-state index contributed by atoms with van der Waals surface area (Å²) in [5.74, 6) is 1.67. The summed E-state index contributed by atoms with van der Waals surface area (Å²) >= 11 is 0.